The molecule has 374 valence electrons. The third-order valence-electron chi connectivity index (χ3n) is 11.7. The van der Waals surface area contributed by atoms with Crippen molar-refractivity contribution in [3.05, 3.63) is 72.9 Å². The lowest BCUT2D eigenvalue weighted by Crippen LogP contribution is -2.30. The van der Waals surface area contributed by atoms with Crippen LogP contribution in [0.25, 0.3) is 0 Å². The van der Waals surface area contributed by atoms with Gasteiger partial charge in [-0.3, -0.25) is 14.4 Å². The van der Waals surface area contributed by atoms with Crippen LogP contribution in [-0.4, -0.2) is 37.2 Å². The molecule has 0 radical (unpaired) electrons. The van der Waals surface area contributed by atoms with Crippen LogP contribution in [0.2, 0.25) is 0 Å². The first-order valence-electron chi connectivity index (χ1n) is 27.5. The van der Waals surface area contributed by atoms with E-state index in [1.54, 1.807) is 0 Å². The Balaban J connectivity index is 4.49. The van der Waals surface area contributed by atoms with Gasteiger partial charge in [-0.05, 0) is 89.9 Å². The van der Waals surface area contributed by atoms with Crippen molar-refractivity contribution < 1.29 is 28.6 Å². The predicted octanol–water partition coefficient (Wildman–Crippen LogP) is 18.2. The molecule has 0 N–H and O–H groups in total. The largest absolute Gasteiger partial charge is 0.462 e. The van der Waals surface area contributed by atoms with Gasteiger partial charge in [0.1, 0.15) is 13.2 Å². The molecule has 0 saturated carbocycles. The summed E-state index contributed by atoms with van der Waals surface area (Å²) in [7, 11) is 0. The van der Waals surface area contributed by atoms with Crippen LogP contribution < -0.4 is 0 Å². The number of carbonyl (C=O) groups excluding carboxylic acids is 3. The summed E-state index contributed by atoms with van der Waals surface area (Å²) in [4.78, 5) is 38.0. The molecule has 0 aliphatic heterocycles. The molecule has 0 rings (SSSR count). The van der Waals surface area contributed by atoms with Crippen LogP contribution in [0, 0.1) is 0 Å². The van der Waals surface area contributed by atoms with E-state index in [0.29, 0.717) is 12.8 Å². The van der Waals surface area contributed by atoms with Crippen molar-refractivity contribution in [1.29, 1.82) is 0 Å². The van der Waals surface area contributed by atoms with Crippen molar-refractivity contribution >= 4 is 17.9 Å². The maximum atomic E-state index is 12.8. The molecule has 0 aliphatic carbocycles. The second-order valence-electron chi connectivity index (χ2n) is 18.2. The Hall–Kier alpha value is -3.15. The lowest BCUT2D eigenvalue weighted by Gasteiger charge is -2.18. The van der Waals surface area contributed by atoms with Gasteiger partial charge in [0, 0.05) is 19.3 Å². The summed E-state index contributed by atoms with van der Waals surface area (Å²) in [6, 6.07) is 0. The fourth-order valence-electron chi connectivity index (χ4n) is 7.54. The molecule has 0 aromatic carbocycles. The quantitative estimate of drug-likeness (QED) is 0.0199. The van der Waals surface area contributed by atoms with Gasteiger partial charge in [0.25, 0.3) is 0 Å². The number of carbonyl (C=O) groups is 3. The molecule has 0 aromatic heterocycles. The number of ether oxygens (including phenoxy) is 3. The zero-order valence-electron chi connectivity index (χ0n) is 42.7. The lowest BCUT2D eigenvalue weighted by atomic mass is 10.1. The Bertz CT molecular complexity index is 1230. The fourth-order valence-corrected chi connectivity index (χ4v) is 7.54. The smallest absolute Gasteiger partial charge is 0.306 e. The van der Waals surface area contributed by atoms with Gasteiger partial charge in [0.15, 0.2) is 6.10 Å². The zero-order valence-corrected chi connectivity index (χ0v) is 42.7. The summed E-state index contributed by atoms with van der Waals surface area (Å²) in [6.45, 7) is 6.54. The lowest BCUT2D eigenvalue weighted by molar-refractivity contribution is -0.166. The molecule has 0 fully saturated rings. The Morgan fingerprint density at radius 1 is 0.323 bits per heavy atom. The maximum Gasteiger partial charge on any atom is 0.306 e. The van der Waals surface area contributed by atoms with E-state index in [-0.39, 0.29) is 44.0 Å². The van der Waals surface area contributed by atoms with Gasteiger partial charge in [-0.1, -0.05) is 229 Å². The molecule has 0 spiro atoms. The SMILES string of the molecule is CCCCCCCC/C=C/C/C=C/CCC(=O)OCC(COC(=O)CCCCCCC/C=C/C=C/CCCCCCCCC)OC(=O)CCCCC/C=C/C=C/CCCCCCCCC. The van der Waals surface area contributed by atoms with E-state index in [1.807, 2.05) is 6.08 Å². The Labute approximate surface area is 402 Å². The number of esters is 3. The van der Waals surface area contributed by atoms with E-state index in [1.165, 1.54) is 135 Å². The summed E-state index contributed by atoms with van der Waals surface area (Å²) < 4.78 is 16.7. The third kappa shape index (κ3) is 51.7. The third-order valence-corrected chi connectivity index (χ3v) is 11.7. The van der Waals surface area contributed by atoms with Crippen LogP contribution in [-0.2, 0) is 28.6 Å². The molecule has 0 saturated heterocycles. The molecular weight excluding hydrogens is 805 g/mol. The second kappa shape index (κ2) is 53.5. The average molecular weight is 907 g/mol. The van der Waals surface area contributed by atoms with Crippen molar-refractivity contribution in [1.82, 2.24) is 0 Å². The minimum absolute atomic E-state index is 0.111. The first-order valence-corrected chi connectivity index (χ1v) is 27.5. The maximum absolute atomic E-state index is 12.8. The van der Waals surface area contributed by atoms with Gasteiger partial charge in [-0.2, -0.15) is 0 Å². The molecule has 6 heteroatoms. The van der Waals surface area contributed by atoms with Crippen LogP contribution in [0.4, 0.5) is 0 Å². The van der Waals surface area contributed by atoms with Gasteiger partial charge in [-0.25, -0.2) is 0 Å². The normalized spacial score (nSPS) is 12.6. The summed E-state index contributed by atoms with van der Waals surface area (Å²) in [5.74, 6) is -1.02. The molecule has 0 heterocycles. The van der Waals surface area contributed by atoms with Gasteiger partial charge in [0.2, 0.25) is 0 Å². The van der Waals surface area contributed by atoms with Gasteiger partial charge in [-0.15, -0.1) is 0 Å². The van der Waals surface area contributed by atoms with Crippen molar-refractivity contribution in [2.45, 2.75) is 271 Å². The summed E-state index contributed by atoms with van der Waals surface area (Å²) in [5, 5.41) is 0. The highest BCUT2D eigenvalue weighted by molar-refractivity contribution is 5.71. The molecule has 0 aliphatic rings. The number of unbranched alkanes of at least 4 members (excludes halogenated alkanes) is 28. The van der Waals surface area contributed by atoms with Crippen molar-refractivity contribution in [2.75, 3.05) is 13.2 Å². The van der Waals surface area contributed by atoms with E-state index in [9.17, 15) is 14.4 Å². The molecule has 65 heavy (non-hydrogen) atoms. The average Bonchev–Trinajstić information content (AvgIpc) is 3.30. The molecule has 1 atom stereocenters. The molecular formula is C59H102O6. The molecule has 0 bridgehead atoms. The highest BCUT2D eigenvalue weighted by atomic mass is 16.6. The van der Waals surface area contributed by atoms with E-state index in [4.69, 9.17) is 14.2 Å². The van der Waals surface area contributed by atoms with Crippen molar-refractivity contribution in [2.24, 2.45) is 0 Å². The standard InChI is InChI=1S/C59H102O6/c1-4-7-10-13-16-19-22-25-27-29-30-32-34-37-40-43-46-49-52-58(61)64-55-56(54-63-57(60)51-48-45-42-39-36-33-24-21-18-15-12-9-6-3)65-59(62)53-50-47-44-41-38-35-31-28-26-23-20-17-14-11-8-5-2/h27-33,35-36,38,42,45,56H,4-26,34,37,39-41,43-44,46-55H2,1-3H3/b29-27+,31-28+,32-30+,36-33+,38-35+,45-42+. The Morgan fingerprint density at radius 2 is 0.631 bits per heavy atom. The van der Waals surface area contributed by atoms with Crippen LogP contribution >= 0.6 is 0 Å². The van der Waals surface area contributed by atoms with Crippen molar-refractivity contribution in [3.8, 4) is 0 Å². The van der Waals surface area contributed by atoms with E-state index in [2.05, 4.69) is 87.6 Å². The van der Waals surface area contributed by atoms with Gasteiger partial charge >= 0.3 is 17.9 Å². The monoisotopic (exact) mass is 907 g/mol. The first kappa shape index (κ1) is 61.9. The van der Waals surface area contributed by atoms with Crippen molar-refractivity contribution in [3.63, 3.8) is 0 Å². The topological polar surface area (TPSA) is 78.9 Å². The Kier molecular flexibility index (Phi) is 50.9. The fraction of sp³-hybridized carbons (Fsp3) is 0.746. The zero-order chi connectivity index (χ0) is 47.2. The number of hydrogen-bond donors (Lipinski definition) is 0. The van der Waals surface area contributed by atoms with Crippen LogP contribution in [0.3, 0.4) is 0 Å². The van der Waals surface area contributed by atoms with E-state index >= 15 is 0 Å². The van der Waals surface area contributed by atoms with E-state index in [0.717, 1.165) is 83.5 Å². The van der Waals surface area contributed by atoms with Gasteiger partial charge in [0.05, 0.1) is 0 Å². The minimum Gasteiger partial charge on any atom is -0.462 e. The van der Waals surface area contributed by atoms with Crippen LogP contribution in [0.15, 0.2) is 72.9 Å². The number of allylic oxidation sites excluding steroid dienone is 12. The minimum atomic E-state index is -0.818. The highest BCUT2D eigenvalue weighted by Gasteiger charge is 2.19. The second-order valence-corrected chi connectivity index (χ2v) is 18.2. The number of hydrogen-bond acceptors (Lipinski definition) is 6. The van der Waals surface area contributed by atoms with Gasteiger partial charge < -0.3 is 14.2 Å². The first-order chi connectivity index (χ1) is 32.0. The molecule has 0 aromatic rings. The van der Waals surface area contributed by atoms with Crippen LogP contribution in [0.1, 0.15) is 265 Å². The van der Waals surface area contributed by atoms with E-state index < -0.39 is 6.10 Å². The summed E-state index contributed by atoms with van der Waals surface area (Å²) in [5.41, 5.74) is 0. The summed E-state index contributed by atoms with van der Waals surface area (Å²) >= 11 is 0. The predicted molar refractivity (Wildman–Crippen MR) is 279 cm³/mol. The Morgan fingerprint density at radius 3 is 1.05 bits per heavy atom. The molecule has 1 unspecified atom stereocenters. The molecule has 0 amide bonds. The van der Waals surface area contributed by atoms with Crippen LogP contribution in [0.5, 0.6) is 0 Å². The number of rotatable bonds is 49. The highest BCUT2D eigenvalue weighted by Crippen LogP contribution is 2.13. The summed E-state index contributed by atoms with van der Waals surface area (Å²) in [6.07, 6.45) is 67.6. The molecule has 6 nitrogen and oxygen atoms in total.